The average molecular weight is 377 g/mol. The predicted octanol–water partition coefficient (Wildman–Crippen LogP) is 4.16. The van der Waals surface area contributed by atoms with Gasteiger partial charge in [0.2, 0.25) is 0 Å². The van der Waals surface area contributed by atoms with E-state index in [0.29, 0.717) is 0 Å². The Morgan fingerprint density at radius 2 is 1.50 bits per heavy atom. The van der Waals surface area contributed by atoms with E-state index in [2.05, 4.69) is 0 Å². The van der Waals surface area contributed by atoms with Crippen molar-refractivity contribution in [3.05, 3.63) is 0 Å². The zero-order valence-corrected chi connectivity index (χ0v) is 16.4. The van der Waals surface area contributed by atoms with Crippen LogP contribution in [0, 0.1) is 0 Å². The number of hydrogen-bond donors (Lipinski definition) is 0. The molecule has 1 amide bonds. The van der Waals surface area contributed by atoms with Crippen molar-refractivity contribution in [3.63, 3.8) is 0 Å². The van der Waals surface area contributed by atoms with Crippen molar-refractivity contribution < 1.29 is 32.0 Å². The van der Waals surface area contributed by atoms with E-state index in [1.165, 1.54) is 0 Å². The van der Waals surface area contributed by atoms with Crippen molar-refractivity contribution in [2.24, 2.45) is 0 Å². The van der Waals surface area contributed by atoms with Gasteiger partial charge in [-0.3, -0.25) is 4.90 Å². The van der Waals surface area contributed by atoms with Gasteiger partial charge in [-0.15, -0.1) is 0 Å². The molecule has 9 heteroatoms. The van der Waals surface area contributed by atoms with Gasteiger partial charge in [-0.05, 0) is 61.3 Å². The molecule has 3 heterocycles. The van der Waals surface area contributed by atoms with Gasteiger partial charge in [-0.25, -0.2) is 4.79 Å². The Morgan fingerprint density at radius 1 is 1.04 bits per heavy atom. The number of fused-ring (bicyclic) bond motifs is 1. The summed E-state index contributed by atoms with van der Waals surface area (Å²) in [5.74, 6) is 0. The Kier molecular flexibility index (Phi) is 3.88. The summed E-state index contributed by atoms with van der Waals surface area (Å²) >= 11 is 0. The number of ether oxygens (including phenoxy) is 1. The molecule has 1 aliphatic carbocycles. The molecular formula is C17H27BF3NO4. The minimum Gasteiger partial charge on any atom is -0.444 e. The van der Waals surface area contributed by atoms with Crippen molar-refractivity contribution in [2.75, 3.05) is 6.54 Å². The van der Waals surface area contributed by atoms with E-state index in [1.807, 2.05) is 27.7 Å². The Labute approximate surface area is 152 Å². The van der Waals surface area contributed by atoms with Gasteiger partial charge in [0.25, 0.3) is 0 Å². The molecule has 0 spiro atoms. The zero-order valence-electron chi connectivity index (χ0n) is 16.4. The van der Waals surface area contributed by atoms with Crippen LogP contribution in [0.4, 0.5) is 18.0 Å². The van der Waals surface area contributed by atoms with E-state index in [9.17, 15) is 18.0 Å². The van der Waals surface area contributed by atoms with Crippen molar-refractivity contribution in [3.8, 4) is 0 Å². The minimum atomic E-state index is -4.53. The SMILES string of the molecule is CC(C)(C)OC(=O)N1CC2(B3OC(C)(C)C(C)(C)O3)CC1(C(F)(F)F)C2. The van der Waals surface area contributed by atoms with Gasteiger partial charge in [0.15, 0.2) is 0 Å². The second-order valence-electron chi connectivity index (χ2n) is 9.90. The van der Waals surface area contributed by atoms with Crippen LogP contribution in [-0.4, -0.2) is 53.2 Å². The van der Waals surface area contributed by atoms with Crippen molar-refractivity contribution in [1.29, 1.82) is 0 Å². The Morgan fingerprint density at radius 3 is 1.88 bits per heavy atom. The lowest BCUT2D eigenvalue weighted by atomic mass is 9.44. The van der Waals surface area contributed by atoms with Crippen molar-refractivity contribution >= 4 is 13.2 Å². The summed E-state index contributed by atoms with van der Waals surface area (Å²) in [6, 6.07) is 0. The highest BCUT2D eigenvalue weighted by Crippen LogP contribution is 2.72. The molecule has 4 rings (SSSR count). The molecular weight excluding hydrogens is 350 g/mol. The summed E-state index contributed by atoms with van der Waals surface area (Å²) in [6.07, 6.45) is -5.92. The van der Waals surface area contributed by atoms with Gasteiger partial charge in [0.1, 0.15) is 11.1 Å². The Bertz CT molecular complexity index is 604. The molecule has 0 aromatic rings. The molecule has 5 nitrogen and oxygen atoms in total. The minimum absolute atomic E-state index is 0.0851. The molecule has 26 heavy (non-hydrogen) atoms. The fourth-order valence-electron chi connectivity index (χ4n) is 4.13. The molecule has 0 radical (unpaired) electrons. The lowest BCUT2D eigenvalue weighted by Gasteiger charge is -2.48. The normalized spacial score (nSPS) is 35.5. The summed E-state index contributed by atoms with van der Waals surface area (Å²) < 4.78 is 58.8. The van der Waals surface area contributed by atoms with Crippen molar-refractivity contribution in [2.45, 2.75) is 95.1 Å². The van der Waals surface area contributed by atoms with Gasteiger partial charge < -0.3 is 14.0 Å². The predicted molar refractivity (Wildman–Crippen MR) is 89.7 cm³/mol. The van der Waals surface area contributed by atoms with Crippen LogP contribution < -0.4 is 0 Å². The first kappa shape index (κ1) is 19.8. The quantitative estimate of drug-likeness (QED) is 0.644. The van der Waals surface area contributed by atoms with E-state index < -0.39 is 47.0 Å². The summed E-state index contributed by atoms with van der Waals surface area (Å²) in [5, 5.41) is -0.864. The highest BCUT2D eigenvalue weighted by atomic mass is 19.4. The molecule has 0 aromatic carbocycles. The van der Waals surface area contributed by atoms with E-state index in [4.69, 9.17) is 14.0 Å². The number of carbonyl (C=O) groups is 1. The summed E-state index contributed by atoms with van der Waals surface area (Å²) in [4.78, 5) is 13.3. The maximum absolute atomic E-state index is 13.9. The van der Waals surface area contributed by atoms with Crippen LogP contribution in [0.3, 0.4) is 0 Å². The molecule has 3 saturated heterocycles. The van der Waals surface area contributed by atoms with Crippen LogP contribution in [-0.2, 0) is 14.0 Å². The number of rotatable bonds is 1. The molecule has 0 unspecified atom stereocenters. The van der Waals surface area contributed by atoms with Crippen molar-refractivity contribution in [1.82, 2.24) is 4.90 Å². The third kappa shape index (κ3) is 2.65. The monoisotopic (exact) mass is 377 g/mol. The van der Waals surface area contributed by atoms with E-state index in [0.717, 1.165) is 4.90 Å². The summed E-state index contributed by atoms with van der Waals surface area (Å²) in [7, 11) is -0.782. The van der Waals surface area contributed by atoms with Gasteiger partial charge in [0, 0.05) is 11.9 Å². The number of hydrogen-bond acceptors (Lipinski definition) is 4. The molecule has 1 saturated carbocycles. The van der Waals surface area contributed by atoms with E-state index >= 15 is 0 Å². The van der Waals surface area contributed by atoms with Gasteiger partial charge in [0.05, 0.1) is 11.2 Å². The fourth-order valence-corrected chi connectivity index (χ4v) is 4.13. The lowest BCUT2D eigenvalue weighted by Crippen LogP contribution is -2.62. The summed E-state index contributed by atoms with van der Waals surface area (Å²) in [6.45, 7) is 12.3. The maximum Gasteiger partial charge on any atom is 0.466 e. The Balaban J connectivity index is 1.88. The maximum atomic E-state index is 13.9. The third-order valence-electron chi connectivity index (χ3n) is 6.17. The molecule has 0 atom stereocenters. The molecule has 148 valence electrons. The Hall–Kier alpha value is -0.955. The van der Waals surface area contributed by atoms with E-state index in [1.54, 1.807) is 20.8 Å². The zero-order chi connectivity index (χ0) is 20.0. The van der Waals surface area contributed by atoms with Crippen LogP contribution >= 0.6 is 0 Å². The first-order valence-corrected chi connectivity index (χ1v) is 8.88. The fraction of sp³-hybridized carbons (Fsp3) is 0.941. The highest BCUT2D eigenvalue weighted by Gasteiger charge is 2.82. The number of alkyl halides is 3. The van der Waals surface area contributed by atoms with Crippen LogP contribution in [0.5, 0.6) is 0 Å². The molecule has 3 aliphatic heterocycles. The second kappa shape index (κ2) is 5.10. The van der Waals surface area contributed by atoms with Crippen LogP contribution in [0.15, 0.2) is 0 Å². The molecule has 4 fully saturated rings. The lowest BCUT2D eigenvalue weighted by molar-refractivity contribution is -0.233. The highest BCUT2D eigenvalue weighted by molar-refractivity contribution is 6.50. The average Bonchev–Trinajstić information content (AvgIpc) is 2.91. The first-order valence-electron chi connectivity index (χ1n) is 8.88. The first-order chi connectivity index (χ1) is 11.4. The molecule has 0 N–H and O–H groups in total. The standard InChI is InChI=1S/C17H27BF3NO4/c1-12(2,3)24-11(23)22-10-15(8-16(22,9-15)17(19,20)21)18-25-13(4,5)14(6,7)26-18/h8-10H2,1-7H3. The van der Waals surface area contributed by atoms with Crippen LogP contribution in [0.25, 0.3) is 0 Å². The topological polar surface area (TPSA) is 48.0 Å². The smallest absolute Gasteiger partial charge is 0.444 e. The second-order valence-corrected chi connectivity index (χ2v) is 9.90. The number of carbonyl (C=O) groups excluding carboxylic acids is 1. The summed E-state index contributed by atoms with van der Waals surface area (Å²) in [5.41, 5.74) is -4.34. The molecule has 2 bridgehead atoms. The molecule has 4 aliphatic rings. The number of halogens is 3. The van der Waals surface area contributed by atoms with Crippen LogP contribution in [0.2, 0.25) is 5.31 Å². The van der Waals surface area contributed by atoms with Gasteiger partial charge in [-0.2, -0.15) is 13.2 Å². The van der Waals surface area contributed by atoms with Crippen LogP contribution in [0.1, 0.15) is 61.3 Å². The third-order valence-corrected chi connectivity index (χ3v) is 6.17. The molecule has 0 aromatic heterocycles. The van der Waals surface area contributed by atoms with E-state index in [-0.39, 0.29) is 19.4 Å². The number of nitrogens with zero attached hydrogens (tertiary/aromatic N) is 1. The van der Waals surface area contributed by atoms with Gasteiger partial charge in [-0.1, -0.05) is 0 Å². The van der Waals surface area contributed by atoms with Gasteiger partial charge >= 0.3 is 19.4 Å². The number of amides is 1. The largest absolute Gasteiger partial charge is 0.466 e.